The van der Waals surface area contributed by atoms with Crippen LogP contribution >= 0.6 is 11.6 Å². The average molecular weight is 323 g/mol. The summed E-state index contributed by atoms with van der Waals surface area (Å²) < 4.78 is 4.64. The van der Waals surface area contributed by atoms with Gasteiger partial charge in [0.05, 0.1) is 17.7 Å². The van der Waals surface area contributed by atoms with Gasteiger partial charge in [-0.05, 0) is 56.0 Å². The Morgan fingerprint density at radius 2 is 2.09 bits per heavy atom. The van der Waals surface area contributed by atoms with Crippen molar-refractivity contribution in [3.63, 3.8) is 0 Å². The molecule has 1 aromatic rings. The number of halogens is 1. The van der Waals surface area contributed by atoms with Crippen LogP contribution in [-0.2, 0) is 9.53 Å². The first-order valence-corrected chi connectivity index (χ1v) is 7.83. The Hall–Kier alpha value is -1.59. The van der Waals surface area contributed by atoms with Gasteiger partial charge < -0.3 is 15.4 Å². The van der Waals surface area contributed by atoms with Crippen molar-refractivity contribution in [2.45, 2.75) is 19.3 Å². The zero-order chi connectivity index (χ0) is 15.7. The molecule has 118 valence electrons. The SMILES string of the molecule is COC(=O)c1ccc(NC(=O)C2CC23CCNCC3)cc1Cl. The fraction of sp³-hybridized carbons (Fsp3) is 0.500. The Kier molecular flexibility index (Phi) is 4.10. The third kappa shape index (κ3) is 2.83. The first-order chi connectivity index (χ1) is 10.6. The average Bonchev–Trinajstić information content (AvgIpc) is 3.21. The Morgan fingerprint density at radius 3 is 2.73 bits per heavy atom. The maximum Gasteiger partial charge on any atom is 0.339 e. The highest BCUT2D eigenvalue weighted by molar-refractivity contribution is 6.34. The van der Waals surface area contributed by atoms with E-state index < -0.39 is 5.97 Å². The molecule has 22 heavy (non-hydrogen) atoms. The van der Waals surface area contributed by atoms with Crippen LogP contribution in [0.4, 0.5) is 5.69 Å². The van der Waals surface area contributed by atoms with Crippen molar-refractivity contribution in [3.05, 3.63) is 28.8 Å². The minimum atomic E-state index is -0.487. The van der Waals surface area contributed by atoms with E-state index in [2.05, 4.69) is 15.4 Å². The van der Waals surface area contributed by atoms with E-state index in [1.165, 1.54) is 7.11 Å². The Balaban J connectivity index is 1.65. The summed E-state index contributed by atoms with van der Waals surface area (Å²) in [4.78, 5) is 23.9. The van der Waals surface area contributed by atoms with Crippen LogP contribution in [0.25, 0.3) is 0 Å². The second-order valence-corrected chi connectivity index (χ2v) is 6.45. The van der Waals surface area contributed by atoms with Gasteiger partial charge in [-0.3, -0.25) is 4.79 Å². The highest BCUT2D eigenvalue weighted by Crippen LogP contribution is 2.58. The molecule has 6 heteroatoms. The summed E-state index contributed by atoms with van der Waals surface area (Å²) in [5.74, 6) is -0.351. The summed E-state index contributed by atoms with van der Waals surface area (Å²) in [6.07, 6.45) is 3.09. The van der Waals surface area contributed by atoms with Gasteiger partial charge in [0.25, 0.3) is 0 Å². The minimum Gasteiger partial charge on any atom is -0.465 e. The number of ether oxygens (including phenoxy) is 1. The fourth-order valence-electron chi connectivity index (χ4n) is 3.29. The Morgan fingerprint density at radius 1 is 1.36 bits per heavy atom. The van der Waals surface area contributed by atoms with Gasteiger partial charge in [0.2, 0.25) is 5.91 Å². The van der Waals surface area contributed by atoms with E-state index in [0.717, 1.165) is 32.4 Å². The highest BCUT2D eigenvalue weighted by Gasteiger charge is 2.57. The van der Waals surface area contributed by atoms with E-state index in [9.17, 15) is 9.59 Å². The largest absolute Gasteiger partial charge is 0.465 e. The predicted molar refractivity (Wildman–Crippen MR) is 84.1 cm³/mol. The van der Waals surface area contributed by atoms with Crippen molar-refractivity contribution in [3.8, 4) is 0 Å². The minimum absolute atomic E-state index is 0.0452. The number of methoxy groups -OCH3 is 1. The van der Waals surface area contributed by atoms with Crippen molar-refractivity contribution >= 4 is 29.2 Å². The van der Waals surface area contributed by atoms with Gasteiger partial charge in [-0.15, -0.1) is 0 Å². The molecule has 2 N–H and O–H groups in total. The second kappa shape index (κ2) is 5.89. The summed E-state index contributed by atoms with van der Waals surface area (Å²) in [6, 6.07) is 4.83. The lowest BCUT2D eigenvalue weighted by molar-refractivity contribution is -0.118. The molecule has 1 spiro atoms. The number of hydrogen-bond donors (Lipinski definition) is 2. The van der Waals surface area contributed by atoms with Crippen molar-refractivity contribution in [2.24, 2.45) is 11.3 Å². The molecule has 0 bridgehead atoms. The van der Waals surface area contributed by atoms with E-state index in [1.807, 2.05) is 0 Å². The molecule has 1 aromatic carbocycles. The molecule has 1 aliphatic carbocycles. The normalized spacial score (nSPS) is 22.2. The van der Waals surface area contributed by atoms with E-state index >= 15 is 0 Å². The lowest BCUT2D eigenvalue weighted by Crippen LogP contribution is -2.31. The number of nitrogens with one attached hydrogen (secondary N) is 2. The number of hydrogen-bond acceptors (Lipinski definition) is 4. The Bertz CT molecular complexity index is 611. The van der Waals surface area contributed by atoms with Crippen LogP contribution in [-0.4, -0.2) is 32.1 Å². The van der Waals surface area contributed by atoms with Crippen LogP contribution < -0.4 is 10.6 Å². The first-order valence-electron chi connectivity index (χ1n) is 7.45. The van der Waals surface area contributed by atoms with Crippen LogP contribution in [0.5, 0.6) is 0 Å². The van der Waals surface area contributed by atoms with Crippen LogP contribution in [0.15, 0.2) is 18.2 Å². The van der Waals surface area contributed by atoms with Crippen molar-refractivity contribution in [1.82, 2.24) is 5.32 Å². The van der Waals surface area contributed by atoms with Crippen LogP contribution in [0.1, 0.15) is 29.6 Å². The molecule has 2 aliphatic rings. The number of esters is 1. The molecule has 1 aliphatic heterocycles. The molecular formula is C16H19ClN2O3. The summed E-state index contributed by atoms with van der Waals surface area (Å²) >= 11 is 6.06. The fourth-order valence-corrected chi connectivity index (χ4v) is 3.55. The topological polar surface area (TPSA) is 67.4 Å². The molecule has 1 saturated heterocycles. The second-order valence-electron chi connectivity index (χ2n) is 6.04. The predicted octanol–water partition coefficient (Wildman–Crippen LogP) is 2.45. The monoisotopic (exact) mass is 322 g/mol. The van der Waals surface area contributed by atoms with E-state index in [0.29, 0.717) is 11.3 Å². The number of amides is 1. The van der Waals surface area contributed by atoms with Crippen molar-refractivity contribution < 1.29 is 14.3 Å². The van der Waals surface area contributed by atoms with Gasteiger partial charge in [0.15, 0.2) is 0 Å². The molecule has 1 heterocycles. The van der Waals surface area contributed by atoms with Gasteiger partial charge in [-0.1, -0.05) is 11.6 Å². The number of rotatable bonds is 3. The number of carbonyl (C=O) groups is 2. The molecular weight excluding hydrogens is 304 g/mol. The number of benzene rings is 1. The van der Waals surface area contributed by atoms with Crippen molar-refractivity contribution in [2.75, 3.05) is 25.5 Å². The zero-order valence-electron chi connectivity index (χ0n) is 12.4. The zero-order valence-corrected chi connectivity index (χ0v) is 13.2. The highest BCUT2D eigenvalue weighted by atomic mass is 35.5. The summed E-state index contributed by atoms with van der Waals surface area (Å²) in [7, 11) is 1.31. The maximum atomic E-state index is 12.4. The van der Waals surface area contributed by atoms with Crippen LogP contribution in [0.2, 0.25) is 5.02 Å². The summed E-state index contributed by atoms with van der Waals surface area (Å²) in [5.41, 5.74) is 1.10. The molecule has 1 unspecified atom stereocenters. The molecule has 2 fully saturated rings. The lowest BCUT2D eigenvalue weighted by Gasteiger charge is -2.23. The lowest BCUT2D eigenvalue weighted by atomic mass is 9.92. The van der Waals surface area contributed by atoms with E-state index in [4.69, 9.17) is 11.6 Å². The maximum absolute atomic E-state index is 12.4. The molecule has 0 aromatic heterocycles. The smallest absolute Gasteiger partial charge is 0.339 e. The van der Waals surface area contributed by atoms with Gasteiger partial charge in [-0.25, -0.2) is 4.79 Å². The number of carbonyl (C=O) groups excluding carboxylic acids is 2. The molecule has 1 amide bonds. The van der Waals surface area contributed by atoms with Gasteiger partial charge in [0.1, 0.15) is 0 Å². The summed E-state index contributed by atoms with van der Waals surface area (Å²) in [5, 5.41) is 6.51. The molecule has 3 rings (SSSR count). The number of piperidine rings is 1. The van der Waals surface area contributed by atoms with Gasteiger partial charge in [0, 0.05) is 11.6 Å². The number of anilines is 1. The first kappa shape index (κ1) is 15.3. The third-order valence-corrected chi connectivity index (χ3v) is 5.06. The van der Waals surface area contributed by atoms with Crippen molar-refractivity contribution in [1.29, 1.82) is 0 Å². The third-order valence-electron chi connectivity index (χ3n) is 4.75. The molecule has 5 nitrogen and oxygen atoms in total. The van der Waals surface area contributed by atoms with E-state index in [-0.39, 0.29) is 22.3 Å². The van der Waals surface area contributed by atoms with Crippen LogP contribution in [0, 0.1) is 11.3 Å². The molecule has 1 saturated carbocycles. The Labute approximate surface area is 134 Å². The summed E-state index contributed by atoms with van der Waals surface area (Å²) in [6.45, 7) is 1.98. The van der Waals surface area contributed by atoms with E-state index in [1.54, 1.807) is 18.2 Å². The molecule has 0 radical (unpaired) electrons. The molecule has 1 atom stereocenters. The standard InChI is InChI=1S/C16H19ClN2O3/c1-22-15(21)11-3-2-10(8-13(11)17)19-14(20)12-9-16(12)4-6-18-7-5-16/h2-3,8,12,18H,4-7,9H2,1H3,(H,19,20). The van der Waals surface area contributed by atoms with Gasteiger partial charge in [-0.2, -0.15) is 0 Å². The quantitative estimate of drug-likeness (QED) is 0.839. The van der Waals surface area contributed by atoms with Crippen LogP contribution in [0.3, 0.4) is 0 Å². The van der Waals surface area contributed by atoms with Gasteiger partial charge >= 0.3 is 5.97 Å².